The van der Waals surface area contributed by atoms with Crippen molar-refractivity contribution < 1.29 is 19.4 Å². The van der Waals surface area contributed by atoms with E-state index in [4.69, 9.17) is 4.74 Å². The van der Waals surface area contributed by atoms with E-state index in [1.807, 2.05) is 24.3 Å². The molecule has 1 amide bonds. The fourth-order valence-corrected chi connectivity index (χ4v) is 3.70. The summed E-state index contributed by atoms with van der Waals surface area (Å²) in [6, 6.07) is 6.70. The van der Waals surface area contributed by atoms with Gasteiger partial charge in [0.2, 0.25) is 5.91 Å². The molecule has 1 aromatic carbocycles. The Hall–Kier alpha value is -2.55. The number of hydrogen-bond donors (Lipinski definition) is 1. The quantitative estimate of drug-likeness (QED) is 0.764. The first-order valence-corrected chi connectivity index (χ1v) is 9.16. The van der Waals surface area contributed by atoms with Crippen LogP contribution in [0.25, 0.3) is 0 Å². The van der Waals surface area contributed by atoms with Gasteiger partial charge in [0.05, 0.1) is 20.2 Å². The van der Waals surface area contributed by atoms with Crippen LogP contribution in [0.15, 0.2) is 29.2 Å². The molecule has 1 aromatic heterocycles. The Morgan fingerprint density at radius 2 is 2.04 bits per heavy atom. The lowest BCUT2D eigenvalue weighted by atomic mass is 10.1. The zero-order valence-corrected chi connectivity index (χ0v) is 15.4. The molecule has 2 heterocycles. The summed E-state index contributed by atoms with van der Waals surface area (Å²) in [7, 11) is 1.61. The molecule has 1 aliphatic rings. The number of carboxylic acid groups (broad SMARTS) is 1. The summed E-state index contributed by atoms with van der Waals surface area (Å²) in [6.45, 7) is 2.13. The smallest absolute Gasteiger partial charge is 0.328 e. The van der Waals surface area contributed by atoms with Crippen molar-refractivity contribution in [1.82, 2.24) is 19.7 Å². The van der Waals surface area contributed by atoms with Gasteiger partial charge in [0.25, 0.3) is 0 Å². The van der Waals surface area contributed by atoms with E-state index in [2.05, 4.69) is 10.2 Å². The molecule has 0 bridgehead atoms. The van der Waals surface area contributed by atoms with Gasteiger partial charge in [-0.2, -0.15) is 0 Å². The number of rotatable bonds is 6. The number of fused-ring (bicyclic) bond motifs is 1. The van der Waals surface area contributed by atoms with E-state index >= 15 is 0 Å². The molecule has 1 aliphatic heterocycles. The molecule has 0 spiro atoms. The number of carboxylic acids is 1. The van der Waals surface area contributed by atoms with E-state index in [9.17, 15) is 14.7 Å². The summed E-state index contributed by atoms with van der Waals surface area (Å²) in [5, 5.41) is 17.5. The molecule has 3 rings (SSSR count). The van der Waals surface area contributed by atoms with Crippen molar-refractivity contribution in [2.24, 2.45) is 0 Å². The first kappa shape index (κ1) is 18.2. The van der Waals surface area contributed by atoms with Crippen molar-refractivity contribution in [3.8, 4) is 5.75 Å². The van der Waals surface area contributed by atoms with Crippen LogP contribution < -0.4 is 4.74 Å². The van der Waals surface area contributed by atoms with Crippen LogP contribution >= 0.6 is 11.8 Å². The van der Waals surface area contributed by atoms with Crippen LogP contribution in [0.1, 0.15) is 18.1 Å². The lowest BCUT2D eigenvalue weighted by Gasteiger charge is -2.33. The monoisotopic (exact) mass is 376 g/mol. The number of carbonyl (C=O) groups excluding carboxylic acids is 1. The molecule has 9 heteroatoms. The van der Waals surface area contributed by atoms with Gasteiger partial charge in [-0.25, -0.2) is 4.79 Å². The number of aryl methyl sites for hydroxylation is 1. The molecular weight excluding hydrogens is 356 g/mol. The van der Waals surface area contributed by atoms with E-state index in [0.717, 1.165) is 10.6 Å². The first-order chi connectivity index (χ1) is 12.5. The molecule has 0 fully saturated rings. The van der Waals surface area contributed by atoms with E-state index in [1.54, 1.807) is 30.4 Å². The lowest BCUT2D eigenvalue weighted by Crippen LogP contribution is -2.50. The van der Waals surface area contributed by atoms with Gasteiger partial charge in [-0.1, -0.05) is 0 Å². The lowest BCUT2D eigenvalue weighted by molar-refractivity contribution is -0.152. The van der Waals surface area contributed by atoms with Gasteiger partial charge in [-0.3, -0.25) is 4.79 Å². The van der Waals surface area contributed by atoms with Crippen LogP contribution in [0.5, 0.6) is 5.75 Å². The molecule has 138 valence electrons. The number of carbonyl (C=O) groups is 2. The van der Waals surface area contributed by atoms with Crippen molar-refractivity contribution in [2.75, 3.05) is 12.9 Å². The van der Waals surface area contributed by atoms with Crippen LogP contribution in [-0.4, -0.2) is 55.6 Å². The van der Waals surface area contributed by atoms with Crippen molar-refractivity contribution in [1.29, 1.82) is 0 Å². The average molecular weight is 376 g/mol. The third-order valence-electron chi connectivity index (χ3n) is 4.31. The zero-order chi connectivity index (χ0) is 18.7. The Labute approximate surface area is 155 Å². The highest BCUT2D eigenvalue weighted by molar-refractivity contribution is 7.99. The number of aromatic nitrogens is 3. The van der Waals surface area contributed by atoms with Crippen molar-refractivity contribution >= 4 is 23.6 Å². The van der Waals surface area contributed by atoms with Crippen molar-refractivity contribution in [2.45, 2.75) is 37.4 Å². The summed E-state index contributed by atoms with van der Waals surface area (Å²) >= 11 is 1.55. The third kappa shape index (κ3) is 3.82. The van der Waals surface area contributed by atoms with Crippen LogP contribution in [0.4, 0.5) is 0 Å². The summed E-state index contributed by atoms with van der Waals surface area (Å²) in [6.07, 6.45) is 0.258. The minimum Gasteiger partial charge on any atom is -0.497 e. The Bertz CT molecular complexity index is 806. The molecule has 0 aliphatic carbocycles. The van der Waals surface area contributed by atoms with Gasteiger partial charge in [-0.15, -0.1) is 22.0 Å². The molecule has 1 N–H and O–H groups in total. The van der Waals surface area contributed by atoms with Crippen molar-refractivity contribution in [3.63, 3.8) is 0 Å². The fourth-order valence-electron chi connectivity index (χ4n) is 2.86. The molecule has 0 radical (unpaired) electrons. The molecule has 1 unspecified atom stereocenters. The van der Waals surface area contributed by atoms with Gasteiger partial charge in [-0.05, 0) is 31.2 Å². The number of aliphatic carboxylic acids is 1. The highest BCUT2D eigenvalue weighted by Gasteiger charge is 2.35. The number of benzene rings is 1. The zero-order valence-electron chi connectivity index (χ0n) is 14.6. The number of thioether (sulfide) groups is 1. The largest absolute Gasteiger partial charge is 0.497 e. The molecule has 1 atom stereocenters. The van der Waals surface area contributed by atoms with Gasteiger partial charge >= 0.3 is 5.97 Å². The third-order valence-corrected chi connectivity index (χ3v) is 5.32. The maximum atomic E-state index is 12.6. The second kappa shape index (κ2) is 7.77. The van der Waals surface area contributed by atoms with Gasteiger partial charge in [0.1, 0.15) is 17.6 Å². The highest BCUT2D eigenvalue weighted by Crippen LogP contribution is 2.24. The minimum atomic E-state index is -1.01. The van der Waals surface area contributed by atoms with Crippen LogP contribution in [-0.2, 0) is 22.7 Å². The number of ether oxygens (including phenoxy) is 1. The second-order valence-electron chi connectivity index (χ2n) is 5.92. The summed E-state index contributed by atoms with van der Waals surface area (Å²) in [5.74, 6) is 1.43. The predicted molar refractivity (Wildman–Crippen MR) is 95.1 cm³/mol. The average Bonchev–Trinajstić information content (AvgIpc) is 3.01. The molecule has 0 saturated heterocycles. The standard InChI is InChI=1S/C17H20N4O4S/c1-11-18-19-15-10-21(14(17(23)24)9-20(11)15)16(22)7-8-26-13-5-3-12(25-2)4-6-13/h3-6,14H,7-10H2,1-2H3,(H,23,24). The summed E-state index contributed by atoms with van der Waals surface area (Å²) < 4.78 is 6.88. The van der Waals surface area contributed by atoms with Crippen LogP contribution in [0, 0.1) is 6.92 Å². The molecule has 0 saturated carbocycles. The molecule has 2 aromatic rings. The Balaban J connectivity index is 1.61. The topological polar surface area (TPSA) is 97.5 Å². The van der Waals surface area contributed by atoms with E-state index in [0.29, 0.717) is 17.4 Å². The Morgan fingerprint density at radius 3 is 2.69 bits per heavy atom. The number of methoxy groups -OCH3 is 1. The highest BCUT2D eigenvalue weighted by atomic mass is 32.2. The van der Waals surface area contributed by atoms with Crippen molar-refractivity contribution in [3.05, 3.63) is 35.9 Å². The molecule has 8 nitrogen and oxygen atoms in total. The van der Waals surface area contributed by atoms with E-state index in [-0.39, 0.29) is 25.4 Å². The summed E-state index contributed by atoms with van der Waals surface area (Å²) in [5.41, 5.74) is 0. The second-order valence-corrected chi connectivity index (χ2v) is 7.09. The van der Waals surface area contributed by atoms with E-state index in [1.165, 1.54) is 4.90 Å². The predicted octanol–water partition coefficient (Wildman–Crippen LogP) is 1.57. The maximum absolute atomic E-state index is 12.6. The van der Waals surface area contributed by atoms with E-state index < -0.39 is 12.0 Å². The number of nitrogens with zero attached hydrogens (tertiary/aromatic N) is 4. The molecular formula is C17H20N4O4S. The SMILES string of the molecule is COc1ccc(SCCC(=O)N2Cc3nnc(C)n3CC2C(=O)O)cc1. The van der Waals surface area contributed by atoms with Crippen LogP contribution in [0.3, 0.4) is 0 Å². The van der Waals surface area contributed by atoms with Gasteiger partial charge in [0, 0.05) is 17.1 Å². The number of hydrogen-bond acceptors (Lipinski definition) is 6. The van der Waals surface area contributed by atoms with Gasteiger partial charge in [0.15, 0.2) is 5.82 Å². The normalized spacial score (nSPS) is 16.2. The maximum Gasteiger partial charge on any atom is 0.328 e. The van der Waals surface area contributed by atoms with Crippen LogP contribution in [0.2, 0.25) is 0 Å². The molecule has 26 heavy (non-hydrogen) atoms. The Kier molecular flexibility index (Phi) is 5.46. The minimum absolute atomic E-state index is 0.170. The first-order valence-electron chi connectivity index (χ1n) is 8.17. The fraction of sp³-hybridized carbons (Fsp3) is 0.412. The number of amides is 1. The Morgan fingerprint density at radius 1 is 1.31 bits per heavy atom. The van der Waals surface area contributed by atoms with Gasteiger partial charge < -0.3 is 19.3 Å². The summed E-state index contributed by atoms with van der Waals surface area (Å²) in [4.78, 5) is 26.6.